The van der Waals surface area contributed by atoms with Gasteiger partial charge in [-0.2, -0.15) is 0 Å². The summed E-state index contributed by atoms with van der Waals surface area (Å²) < 4.78 is 0. The molecule has 0 aromatic heterocycles. The number of ketones is 1. The molecule has 1 fully saturated rings. The van der Waals surface area contributed by atoms with Gasteiger partial charge in [-0.05, 0) is 90.0 Å². The minimum absolute atomic E-state index is 0.245. The van der Waals surface area contributed by atoms with Gasteiger partial charge in [0.05, 0.1) is 0 Å². The summed E-state index contributed by atoms with van der Waals surface area (Å²) in [4.78, 5) is 13.0. The van der Waals surface area contributed by atoms with Crippen molar-refractivity contribution in [1.29, 1.82) is 0 Å². The maximum Gasteiger partial charge on any atom is 0.162 e. The van der Waals surface area contributed by atoms with Gasteiger partial charge in [-0.3, -0.25) is 4.79 Å². The van der Waals surface area contributed by atoms with E-state index in [0.717, 1.165) is 37.2 Å². The molecular weight excluding hydrogens is 364 g/mol. The highest BCUT2D eigenvalue weighted by Crippen LogP contribution is 2.47. The number of fused-ring (bicyclic) bond motifs is 1. The van der Waals surface area contributed by atoms with Crippen molar-refractivity contribution in [1.82, 2.24) is 0 Å². The highest BCUT2D eigenvalue weighted by atomic mass is 16.1. The molecule has 3 aliphatic rings. The van der Waals surface area contributed by atoms with Gasteiger partial charge >= 0.3 is 0 Å². The molecule has 3 aliphatic carbocycles. The zero-order valence-corrected chi connectivity index (χ0v) is 20.0. The van der Waals surface area contributed by atoms with Crippen LogP contribution in [-0.4, -0.2) is 5.78 Å². The first-order valence-electron chi connectivity index (χ1n) is 12.1. The second-order valence-electron chi connectivity index (χ2n) is 11.8. The Labute approximate surface area is 184 Å². The lowest BCUT2D eigenvalue weighted by Crippen LogP contribution is -2.34. The average molecular weight is 405 g/mol. The normalized spacial score (nSPS) is 27.3. The van der Waals surface area contributed by atoms with Crippen LogP contribution < -0.4 is 0 Å². The van der Waals surface area contributed by atoms with Crippen LogP contribution in [0, 0.1) is 18.8 Å². The predicted molar refractivity (Wildman–Crippen MR) is 127 cm³/mol. The average Bonchev–Trinajstić information content (AvgIpc) is 3.15. The van der Waals surface area contributed by atoms with Crippen LogP contribution >= 0.6 is 0 Å². The first-order valence-corrected chi connectivity index (χ1v) is 12.1. The van der Waals surface area contributed by atoms with E-state index in [2.05, 4.69) is 65.8 Å². The molecular formula is C29H40O. The largest absolute Gasteiger partial charge is 0.294 e. The third-order valence-corrected chi connectivity index (χ3v) is 8.37. The van der Waals surface area contributed by atoms with Crippen molar-refractivity contribution in [3.63, 3.8) is 0 Å². The number of rotatable bonds is 4. The standard InChI is InChI=1S/C29H40O/c1-19-7-10-22(11-8-19)27(30)23-12-9-21(16-23)17-24-18-26-25(15-20(24)2)28(3,4)13-14-29(26,5)6/h9,12,15,18-19,22H,7-8,10-11,13-14,16-17H2,1-6H3. The Morgan fingerprint density at radius 3 is 2.17 bits per heavy atom. The molecule has 0 saturated heterocycles. The van der Waals surface area contributed by atoms with Crippen LogP contribution in [0.3, 0.4) is 0 Å². The number of carbonyl (C=O) groups is 1. The van der Waals surface area contributed by atoms with Crippen molar-refractivity contribution in [3.8, 4) is 0 Å². The van der Waals surface area contributed by atoms with Crippen molar-refractivity contribution in [2.24, 2.45) is 11.8 Å². The minimum Gasteiger partial charge on any atom is -0.294 e. The van der Waals surface area contributed by atoms with Crippen molar-refractivity contribution in [2.45, 2.75) is 104 Å². The van der Waals surface area contributed by atoms with Crippen LogP contribution in [-0.2, 0) is 22.0 Å². The van der Waals surface area contributed by atoms with Crippen LogP contribution in [0.1, 0.15) is 102 Å². The van der Waals surface area contributed by atoms with Crippen LogP contribution in [0.5, 0.6) is 0 Å². The molecule has 0 spiro atoms. The Bertz CT molecular complexity index is 901. The van der Waals surface area contributed by atoms with Gasteiger partial charge in [0.1, 0.15) is 0 Å². The highest BCUT2D eigenvalue weighted by Gasteiger charge is 2.37. The molecule has 0 atom stereocenters. The molecule has 4 rings (SSSR count). The van der Waals surface area contributed by atoms with E-state index < -0.39 is 0 Å². The van der Waals surface area contributed by atoms with Gasteiger partial charge in [0.2, 0.25) is 0 Å². The SMILES string of the molecule is Cc1cc2c(cc1CC1=CC=C(C(=O)C3CCC(C)CC3)C1)C(C)(C)CCC2(C)C. The molecule has 0 bridgehead atoms. The lowest BCUT2D eigenvalue weighted by Gasteiger charge is -2.42. The van der Waals surface area contributed by atoms with Gasteiger partial charge in [0, 0.05) is 5.92 Å². The molecule has 1 saturated carbocycles. The van der Waals surface area contributed by atoms with E-state index in [1.807, 2.05) is 0 Å². The minimum atomic E-state index is 0.245. The second-order valence-corrected chi connectivity index (χ2v) is 11.8. The van der Waals surface area contributed by atoms with Crippen molar-refractivity contribution in [3.05, 3.63) is 57.7 Å². The summed E-state index contributed by atoms with van der Waals surface area (Å²) in [6, 6.07) is 4.96. The summed E-state index contributed by atoms with van der Waals surface area (Å²) in [6.45, 7) is 14.2. The highest BCUT2D eigenvalue weighted by molar-refractivity contribution is 5.98. The van der Waals surface area contributed by atoms with E-state index in [4.69, 9.17) is 0 Å². The van der Waals surface area contributed by atoms with Gasteiger partial charge < -0.3 is 0 Å². The Morgan fingerprint density at radius 1 is 0.933 bits per heavy atom. The van der Waals surface area contributed by atoms with Crippen molar-refractivity contribution >= 4 is 5.78 Å². The Morgan fingerprint density at radius 2 is 1.53 bits per heavy atom. The fourth-order valence-electron chi connectivity index (χ4n) is 5.86. The van der Waals surface area contributed by atoms with Gasteiger partial charge in [-0.25, -0.2) is 0 Å². The van der Waals surface area contributed by atoms with Gasteiger partial charge in [-0.15, -0.1) is 0 Å². The van der Waals surface area contributed by atoms with Gasteiger partial charge in [0.15, 0.2) is 5.78 Å². The topological polar surface area (TPSA) is 17.1 Å². The zero-order valence-electron chi connectivity index (χ0n) is 20.0. The monoisotopic (exact) mass is 404 g/mol. The Hall–Kier alpha value is -1.63. The maximum absolute atomic E-state index is 13.0. The number of allylic oxidation sites excluding steroid dienone is 4. The molecule has 1 nitrogen and oxygen atoms in total. The summed E-state index contributed by atoms with van der Waals surface area (Å²) in [5.41, 5.74) is 8.90. The number of hydrogen-bond acceptors (Lipinski definition) is 1. The second kappa shape index (κ2) is 7.81. The lowest BCUT2D eigenvalue weighted by molar-refractivity contribution is -0.120. The fraction of sp³-hybridized carbons (Fsp3) is 0.621. The maximum atomic E-state index is 13.0. The number of hydrogen-bond donors (Lipinski definition) is 0. The van der Waals surface area contributed by atoms with E-state index in [9.17, 15) is 4.79 Å². The predicted octanol–water partition coefficient (Wildman–Crippen LogP) is 7.54. The lowest BCUT2D eigenvalue weighted by atomic mass is 9.62. The third kappa shape index (κ3) is 4.10. The number of aryl methyl sites for hydroxylation is 1. The molecule has 1 aromatic rings. The van der Waals surface area contributed by atoms with E-state index in [1.54, 1.807) is 11.1 Å². The molecule has 0 aliphatic heterocycles. The number of benzene rings is 1. The van der Waals surface area contributed by atoms with E-state index in [0.29, 0.717) is 5.78 Å². The molecule has 0 amide bonds. The number of carbonyl (C=O) groups excluding carboxylic acids is 1. The van der Waals surface area contributed by atoms with Crippen LogP contribution in [0.15, 0.2) is 35.4 Å². The van der Waals surface area contributed by atoms with E-state index >= 15 is 0 Å². The molecule has 1 heteroatoms. The van der Waals surface area contributed by atoms with Crippen molar-refractivity contribution in [2.75, 3.05) is 0 Å². The van der Waals surface area contributed by atoms with E-state index in [-0.39, 0.29) is 16.7 Å². The molecule has 0 N–H and O–H groups in total. The summed E-state index contributed by atoms with van der Waals surface area (Å²) in [5, 5.41) is 0. The smallest absolute Gasteiger partial charge is 0.162 e. The first kappa shape index (κ1) is 21.6. The molecule has 0 unspecified atom stereocenters. The molecule has 30 heavy (non-hydrogen) atoms. The molecule has 162 valence electrons. The summed E-state index contributed by atoms with van der Waals surface area (Å²) in [5.74, 6) is 1.49. The molecule has 0 heterocycles. The summed E-state index contributed by atoms with van der Waals surface area (Å²) >= 11 is 0. The Balaban J connectivity index is 1.48. The molecule has 1 aromatic carbocycles. The van der Waals surface area contributed by atoms with Gasteiger partial charge in [-0.1, -0.05) is 77.3 Å². The van der Waals surface area contributed by atoms with E-state index in [1.165, 1.54) is 42.4 Å². The van der Waals surface area contributed by atoms with Crippen molar-refractivity contribution < 1.29 is 4.79 Å². The summed E-state index contributed by atoms with van der Waals surface area (Å²) in [6.07, 6.45) is 13.3. The zero-order chi connectivity index (χ0) is 21.7. The first-order chi connectivity index (χ1) is 14.1. The van der Waals surface area contributed by atoms with Crippen LogP contribution in [0.2, 0.25) is 0 Å². The number of Topliss-reactive ketones (excluding diaryl/α,β-unsaturated/α-hetero) is 1. The molecule has 0 radical (unpaired) electrons. The van der Waals surface area contributed by atoms with Gasteiger partial charge in [0.25, 0.3) is 0 Å². The van der Waals surface area contributed by atoms with Crippen LogP contribution in [0.4, 0.5) is 0 Å². The third-order valence-electron chi connectivity index (χ3n) is 8.37. The summed E-state index contributed by atoms with van der Waals surface area (Å²) in [7, 11) is 0. The fourth-order valence-corrected chi connectivity index (χ4v) is 5.86. The quantitative estimate of drug-likeness (QED) is 0.506. The van der Waals surface area contributed by atoms with Crippen LogP contribution in [0.25, 0.3) is 0 Å². The Kier molecular flexibility index (Phi) is 5.62.